The Morgan fingerprint density at radius 3 is 1.70 bits per heavy atom. The Labute approximate surface area is 112 Å². The molecule has 0 saturated heterocycles. The van der Waals surface area contributed by atoms with E-state index in [9.17, 15) is 4.39 Å². The van der Waals surface area contributed by atoms with Crippen molar-refractivity contribution in [2.45, 2.75) is 12.2 Å². The predicted molar refractivity (Wildman–Crippen MR) is 64.5 cm³/mol. The van der Waals surface area contributed by atoms with E-state index in [1.165, 1.54) is 0 Å². The van der Waals surface area contributed by atoms with Crippen molar-refractivity contribution in [3.8, 4) is 0 Å². The SMILES string of the molecule is [CH2-]OCC(O)COCCO.[CH2-]OCC(O)COCF.[Rf]. The van der Waals surface area contributed by atoms with Crippen LogP contribution in [0.2, 0.25) is 0 Å². The van der Waals surface area contributed by atoms with E-state index in [0.717, 1.165) is 0 Å². The van der Waals surface area contributed by atoms with Gasteiger partial charge >= 0.3 is 0 Å². The van der Waals surface area contributed by atoms with Crippen LogP contribution in [0.4, 0.5) is 4.39 Å². The minimum atomic E-state index is -0.881. The Morgan fingerprint density at radius 1 is 0.900 bits per heavy atom. The fourth-order valence-electron chi connectivity index (χ4n) is 0.833. The van der Waals surface area contributed by atoms with E-state index in [1.54, 1.807) is 0 Å². The van der Waals surface area contributed by atoms with Gasteiger partial charge in [-0.15, -0.1) is 0 Å². The van der Waals surface area contributed by atoms with Gasteiger partial charge in [0.05, 0.1) is 38.6 Å². The van der Waals surface area contributed by atoms with E-state index >= 15 is 0 Å². The van der Waals surface area contributed by atoms with Crippen LogP contribution in [0.1, 0.15) is 0 Å². The topological polar surface area (TPSA) is 97.6 Å². The summed E-state index contributed by atoms with van der Waals surface area (Å²) in [6, 6.07) is 0. The van der Waals surface area contributed by atoms with E-state index < -0.39 is 19.1 Å². The molecule has 0 saturated carbocycles. The largest absolute Gasteiger partial charge is 0.553 e. The summed E-state index contributed by atoms with van der Waals surface area (Å²) in [5, 5.41) is 25.9. The molecule has 0 radical (unpaired) electrons. The van der Waals surface area contributed by atoms with Gasteiger partial charge in [-0.3, -0.25) is 0 Å². The molecule has 0 spiro atoms. The summed E-state index contributed by atoms with van der Waals surface area (Å²) in [6.07, 6.45) is -1.43. The third-order valence-corrected chi connectivity index (χ3v) is 1.55. The van der Waals surface area contributed by atoms with Gasteiger partial charge in [0.1, 0.15) is 0 Å². The molecule has 0 aromatic heterocycles. The molecule has 0 aliphatic heterocycles. The molecule has 0 aromatic carbocycles. The summed E-state index contributed by atoms with van der Waals surface area (Å²) < 4.78 is 28.9. The fraction of sp³-hybridized carbons (Fsp3) is 0.818. The summed E-state index contributed by atoms with van der Waals surface area (Å²) in [4.78, 5) is 0. The molecular weight excluding hydrogens is 530 g/mol. The summed E-state index contributed by atoms with van der Waals surface area (Å²) in [6.45, 7) is -0.312. The smallest absolute Gasteiger partial charge is 0.188 e. The molecule has 0 fully saturated rings. The maximum atomic E-state index is 11.2. The third-order valence-electron chi connectivity index (χ3n) is 1.55. The third kappa shape index (κ3) is 21.9. The van der Waals surface area contributed by atoms with Crippen LogP contribution in [0.3, 0.4) is 0 Å². The van der Waals surface area contributed by atoms with Crippen LogP contribution in [0, 0.1) is 14.2 Å². The normalized spacial score (nSPS) is 12.9. The molecule has 0 bridgehead atoms. The van der Waals surface area contributed by atoms with Crippen molar-refractivity contribution in [1.82, 2.24) is 0 Å². The van der Waals surface area contributed by atoms with Gasteiger partial charge in [0.15, 0.2) is 6.86 Å². The Hall–Kier alpha value is -1.35. The maximum Gasteiger partial charge on any atom is 0.188 e. The van der Waals surface area contributed by atoms with E-state index in [1.807, 2.05) is 0 Å². The number of halogens is 1. The van der Waals surface area contributed by atoms with Crippen LogP contribution in [0.15, 0.2) is 0 Å². The van der Waals surface area contributed by atoms with Crippen molar-refractivity contribution < 1.29 is 38.7 Å². The van der Waals surface area contributed by atoms with Crippen molar-refractivity contribution in [2.75, 3.05) is 46.5 Å². The van der Waals surface area contributed by atoms with Crippen molar-refractivity contribution in [3.63, 3.8) is 0 Å². The van der Waals surface area contributed by atoms with Crippen LogP contribution < -0.4 is 0 Å². The van der Waals surface area contributed by atoms with Gasteiger partial charge in [-0.2, -0.15) is 0 Å². The average molecular weight is 553 g/mol. The second-order valence-corrected chi connectivity index (χ2v) is 3.33. The predicted octanol–water partition coefficient (Wildman–Crippen LogP) is -0.737. The van der Waals surface area contributed by atoms with Crippen LogP contribution in [0.5, 0.6) is 0 Å². The molecule has 9 heteroatoms. The van der Waals surface area contributed by atoms with Crippen molar-refractivity contribution in [3.05, 3.63) is 14.2 Å². The van der Waals surface area contributed by atoms with Gasteiger partial charge in [-0.25, -0.2) is 18.6 Å². The zero-order chi connectivity index (χ0) is 14.9. The molecule has 0 heterocycles. The molecule has 120 valence electrons. The first-order valence-electron chi connectivity index (χ1n) is 5.54. The Bertz CT molecular complexity index is 168. The van der Waals surface area contributed by atoms with Gasteiger partial charge in [0, 0.05) is 13.2 Å². The minimum Gasteiger partial charge on any atom is -0.553 e. The number of aliphatic hydroxyl groups is 3. The summed E-state index contributed by atoms with van der Waals surface area (Å²) in [7, 11) is 6.11. The standard InChI is InChI=1S/C6H13O4.C5H10FO3.Rf/c1-9-4-6(8)5-10-3-2-7;1-8-2-5(7)3-9-4-6;/h6-8H,1-5H2;5,7H,1-4H2;/q2*-1;. The molecule has 0 aromatic rings. The number of rotatable bonds is 11. The summed E-state index contributed by atoms with van der Waals surface area (Å²) >= 11 is 0. The molecule has 2 atom stereocenters. The van der Waals surface area contributed by atoms with Gasteiger partial charge < -0.3 is 34.3 Å². The molecule has 0 aliphatic carbocycles. The Balaban J connectivity index is -0.000000277. The van der Waals surface area contributed by atoms with E-state index in [4.69, 9.17) is 20.1 Å². The second-order valence-electron chi connectivity index (χ2n) is 3.33. The molecule has 20 heavy (non-hydrogen) atoms. The van der Waals surface area contributed by atoms with Crippen molar-refractivity contribution in [2.24, 2.45) is 0 Å². The average Bonchev–Trinajstić information content (AvgIpc) is 2.38. The Kier molecular flexibility index (Phi) is 23.7. The molecule has 0 rings (SSSR count). The fourth-order valence-corrected chi connectivity index (χ4v) is 0.833. The van der Waals surface area contributed by atoms with Gasteiger partial charge in [-0.05, 0) is 0 Å². The van der Waals surface area contributed by atoms with E-state index in [-0.39, 0.29) is 39.6 Å². The number of ether oxygens (including phenoxy) is 4. The van der Waals surface area contributed by atoms with Crippen LogP contribution in [-0.2, 0) is 18.9 Å². The molecule has 2 unspecified atom stereocenters. The van der Waals surface area contributed by atoms with Crippen LogP contribution in [-0.4, -0.2) is 74.0 Å². The monoisotopic (exact) mass is 553 g/mol. The molecule has 7 nitrogen and oxygen atoms in total. The molecule has 0 aliphatic rings. The van der Waals surface area contributed by atoms with Crippen LogP contribution >= 0.6 is 0 Å². The second kappa shape index (κ2) is 20.0. The van der Waals surface area contributed by atoms with Crippen molar-refractivity contribution >= 4 is 0 Å². The zero-order valence-electron chi connectivity index (χ0n) is 11.6. The minimum absolute atomic E-state index is 0. The number of aliphatic hydroxyl groups excluding tert-OH is 3. The van der Waals surface area contributed by atoms with Crippen molar-refractivity contribution in [1.29, 1.82) is 0 Å². The van der Waals surface area contributed by atoms with Gasteiger partial charge in [0.2, 0.25) is 0 Å². The quantitative estimate of drug-likeness (QED) is 0.229. The van der Waals surface area contributed by atoms with Gasteiger partial charge in [0.25, 0.3) is 0 Å². The maximum absolute atomic E-state index is 11.2. The number of hydrogen-bond acceptors (Lipinski definition) is 7. The molecule has 0 amide bonds. The number of hydrogen-bond donors (Lipinski definition) is 3. The van der Waals surface area contributed by atoms with Gasteiger partial charge in [-0.1, -0.05) is 0 Å². The van der Waals surface area contributed by atoms with E-state index in [2.05, 4.69) is 28.4 Å². The Morgan fingerprint density at radius 2 is 1.35 bits per heavy atom. The summed E-state index contributed by atoms with van der Waals surface area (Å²) in [5.41, 5.74) is 0. The van der Waals surface area contributed by atoms with E-state index in [0.29, 0.717) is 0 Å². The van der Waals surface area contributed by atoms with Crippen LogP contribution in [0.25, 0.3) is 0 Å². The molecular formula is C11H23FO7Rf-2. The molecule has 3 N–H and O–H groups in total. The first kappa shape index (κ1) is 23.7. The summed E-state index contributed by atoms with van der Waals surface area (Å²) in [5.74, 6) is 0. The first-order valence-corrected chi connectivity index (χ1v) is 5.54. The first-order chi connectivity index (χ1) is 9.12. The number of alkyl halides is 1. The zero-order valence-corrected chi connectivity index (χ0v) is 18.0.